The van der Waals surface area contributed by atoms with Crippen molar-refractivity contribution in [2.24, 2.45) is 11.8 Å². The number of fused-ring (bicyclic) bond motifs is 2. The molecule has 5 amide bonds. The molecule has 0 radical (unpaired) electrons. The molecule has 3 N–H and O–H groups in total. The van der Waals surface area contributed by atoms with E-state index in [0.717, 1.165) is 58.1 Å². The molecule has 2 saturated carbocycles. The van der Waals surface area contributed by atoms with Crippen molar-refractivity contribution >= 4 is 51.0 Å². The number of nitrogens with zero attached hydrogens (tertiary/aromatic N) is 2. The standard InChI is InChI=1S/C32H34FN5O5S/c1-32(18-7-8-18,30-36-27-17(6-5-16-3-4-16)13-19(43-2)14-24(27)44-30)37-31(42)34-22-10-9-20-21(26(22)33)15-38(29(20)41)23-11-12-25(39)35-28(23)40/h9-10,13-14,16,18,23H,3-8,11-12,15H2,1-2H3,(H2,34,37,42)(H,35,39,40)/t23?,32-/m1/s1. The van der Waals surface area contributed by atoms with E-state index in [1.807, 2.05) is 13.0 Å². The van der Waals surface area contributed by atoms with Gasteiger partial charge >= 0.3 is 6.03 Å². The summed E-state index contributed by atoms with van der Waals surface area (Å²) < 4.78 is 22.3. The molecule has 2 atom stereocenters. The lowest BCUT2D eigenvalue weighted by Gasteiger charge is -2.29. The van der Waals surface area contributed by atoms with Crippen LogP contribution in [-0.4, -0.2) is 46.8 Å². The zero-order chi connectivity index (χ0) is 30.7. The molecule has 3 heterocycles. The van der Waals surface area contributed by atoms with Gasteiger partial charge in [0.05, 0.1) is 35.1 Å². The van der Waals surface area contributed by atoms with E-state index in [1.54, 1.807) is 18.4 Å². The zero-order valence-electron chi connectivity index (χ0n) is 24.6. The molecule has 4 aliphatic rings. The number of hydrogen-bond acceptors (Lipinski definition) is 7. The maximum Gasteiger partial charge on any atom is 0.320 e. The van der Waals surface area contributed by atoms with Gasteiger partial charge < -0.3 is 20.3 Å². The maximum atomic E-state index is 15.7. The average Bonchev–Trinajstić information content (AvgIpc) is 3.93. The van der Waals surface area contributed by atoms with Gasteiger partial charge in [0.1, 0.15) is 16.8 Å². The fourth-order valence-corrected chi connectivity index (χ4v) is 7.67. The Morgan fingerprint density at radius 1 is 1.18 bits per heavy atom. The predicted octanol–water partition coefficient (Wildman–Crippen LogP) is 4.99. The van der Waals surface area contributed by atoms with E-state index >= 15 is 4.39 Å². The summed E-state index contributed by atoms with van der Waals surface area (Å²) in [5.74, 6) is -0.389. The van der Waals surface area contributed by atoms with E-state index in [1.165, 1.54) is 29.9 Å². The Morgan fingerprint density at radius 3 is 2.68 bits per heavy atom. The molecule has 1 aromatic heterocycles. The van der Waals surface area contributed by atoms with Gasteiger partial charge in [0.25, 0.3) is 5.91 Å². The molecule has 2 aliphatic carbocycles. The van der Waals surface area contributed by atoms with E-state index in [4.69, 9.17) is 9.72 Å². The van der Waals surface area contributed by atoms with Gasteiger partial charge in [-0.1, -0.05) is 12.8 Å². The van der Waals surface area contributed by atoms with Crippen LogP contribution in [0.3, 0.4) is 0 Å². The Bertz CT molecular complexity index is 1720. The van der Waals surface area contributed by atoms with Crippen molar-refractivity contribution in [3.63, 3.8) is 0 Å². The number of thiazole rings is 1. The molecule has 1 saturated heterocycles. The van der Waals surface area contributed by atoms with Crippen molar-refractivity contribution < 1.29 is 28.3 Å². The Morgan fingerprint density at radius 2 is 1.98 bits per heavy atom. The van der Waals surface area contributed by atoms with Crippen LogP contribution in [-0.2, 0) is 28.1 Å². The second-order valence-corrected chi connectivity index (χ2v) is 13.6. The first-order valence-corrected chi connectivity index (χ1v) is 16.0. The first kappa shape index (κ1) is 28.7. The van der Waals surface area contributed by atoms with Gasteiger partial charge in [0, 0.05) is 17.5 Å². The van der Waals surface area contributed by atoms with Crippen LogP contribution in [0.25, 0.3) is 10.2 Å². The molecule has 3 fully saturated rings. The second kappa shape index (κ2) is 10.8. The molecule has 0 spiro atoms. The molecular weight excluding hydrogens is 585 g/mol. The molecular formula is C32H34FN5O5S. The number of nitrogens with one attached hydrogen (secondary N) is 3. The number of piperidine rings is 1. The number of anilines is 1. The minimum absolute atomic E-state index is 0.0614. The third-order valence-corrected chi connectivity index (χ3v) is 10.7. The summed E-state index contributed by atoms with van der Waals surface area (Å²) in [6, 6.07) is 5.45. The number of rotatable bonds is 9. The van der Waals surface area contributed by atoms with Gasteiger partial charge in [0.15, 0.2) is 5.82 Å². The largest absolute Gasteiger partial charge is 0.497 e. The minimum atomic E-state index is -0.853. The maximum absolute atomic E-state index is 15.7. The van der Waals surface area contributed by atoms with Crippen LogP contribution >= 0.6 is 11.3 Å². The van der Waals surface area contributed by atoms with Crippen LogP contribution < -0.4 is 20.7 Å². The van der Waals surface area contributed by atoms with Gasteiger partial charge in [-0.15, -0.1) is 11.3 Å². The van der Waals surface area contributed by atoms with Gasteiger partial charge in [-0.25, -0.2) is 14.2 Å². The third-order valence-electron chi connectivity index (χ3n) is 9.41. The quantitative estimate of drug-likeness (QED) is 0.289. The summed E-state index contributed by atoms with van der Waals surface area (Å²) in [7, 11) is 1.66. The smallest absolute Gasteiger partial charge is 0.320 e. The van der Waals surface area contributed by atoms with E-state index < -0.39 is 41.2 Å². The summed E-state index contributed by atoms with van der Waals surface area (Å²) in [6.07, 6.45) is 6.79. The van der Waals surface area contributed by atoms with Gasteiger partial charge in [-0.05, 0) is 80.7 Å². The number of imide groups is 1. The highest BCUT2D eigenvalue weighted by Gasteiger charge is 2.47. The van der Waals surface area contributed by atoms with Crippen molar-refractivity contribution in [3.05, 3.63) is 51.8 Å². The Kier molecular flexibility index (Phi) is 7.06. The summed E-state index contributed by atoms with van der Waals surface area (Å²) in [4.78, 5) is 56.7. The van der Waals surface area contributed by atoms with E-state index in [2.05, 4.69) is 22.0 Å². The number of urea groups is 1. The fourth-order valence-electron chi connectivity index (χ4n) is 6.45. The first-order valence-electron chi connectivity index (χ1n) is 15.2. The van der Waals surface area contributed by atoms with Crippen molar-refractivity contribution in [1.82, 2.24) is 20.5 Å². The van der Waals surface area contributed by atoms with Crippen LogP contribution in [0.2, 0.25) is 0 Å². The number of aryl methyl sites for hydroxylation is 1. The SMILES string of the molecule is COc1cc(CCC2CC2)c2nc([C@](C)(NC(=O)Nc3ccc4c(c3F)CN(C3CCC(=O)NC3=O)C4=O)C3CC3)sc2c1. The summed E-state index contributed by atoms with van der Waals surface area (Å²) >= 11 is 1.54. The van der Waals surface area contributed by atoms with Crippen molar-refractivity contribution in [2.45, 2.75) is 76.4 Å². The van der Waals surface area contributed by atoms with E-state index in [9.17, 15) is 19.2 Å². The van der Waals surface area contributed by atoms with E-state index in [-0.39, 0.29) is 42.1 Å². The lowest BCUT2D eigenvalue weighted by atomic mass is 9.96. The van der Waals surface area contributed by atoms with Crippen LogP contribution in [0.1, 0.15) is 78.4 Å². The van der Waals surface area contributed by atoms with Gasteiger partial charge in [-0.2, -0.15) is 0 Å². The second-order valence-electron chi connectivity index (χ2n) is 12.5. The number of ether oxygens (including phenoxy) is 1. The molecule has 10 nitrogen and oxygen atoms in total. The third kappa shape index (κ3) is 5.18. The van der Waals surface area contributed by atoms with Gasteiger partial charge in [0.2, 0.25) is 11.8 Å². The first-order chi connectivity index (χ1) is 21.1. The Labute approximate surface area is 257 Å². The minimum Gasteiger partial charge on any atom is -0.497 e. The highest BCUT2D eigenvalue weighted by Crippen LogP contribution is 2.48. The number of benzene rings is 2. The summed E-state index contributed by atoms with van der Waals surface area (Å²) in [6.45, 7) is 1.85. The highest BCUT2D eigenvalue weighted by atomic mass is 32.1. The number of carbonyl (C=O) groups excluding carboxylic acids is 4. The molecule has 3 aromatic rings. The molecule has 2 aliphatic heterocycles. The number of hydrogen-bond donors (Lipinski definition) is 3. The number of aromatic nitrogens is 1. The molecule has 7 rings (SSSR count). The summed E-state index contributed by atoms with van der Waals surface area (Å²) in [5.41, 5.74) is 1.52. The lowest BCUT2D eigenvalue weighted by molar-refractivity contribution is -0.136. The zero-order valence-corrected chi connectivity index (χ0v) is 25.4. The van der Waals surface area contributed by atoms with Crippen LogP contribution in [0.5, 0.6) is 5.75 Å². The highest BCUT2D eigenvalue weighted by molar-refractivity contribution is 7.18. The number of amides is 5. The molecule has 2 aromatic carbocycles. The van der Waals surface area contributed by atoms with Crippen molar-refractivity contribution in [2.75, 3.05) is 12.4 Å². The van der Waals surface area contributed by atoms with Crippen LogP contribution in [0, 0.1) is 17.7 Å². The topological polar surface area (TPSA) is 130 Å². The van der Waals surface area contributed by atoms with Crippen LogP contribution in [0.15, 0.2) is 24.3 Å². The number of carbonyl (C=O) groups is 4. The van der Waals surface area contributed by atoms with Gasteiger partial charge in [-0.3, -0.25) is 19.7 Å². The summed E-state index contributed by atoms with van der Waals surface area (Å²) in [5, 5.41) is 8.80. The van der Waals surface area contributed by atoms with Crippen LogP contribution in [0.4, 0.5) is 14.9 Å². The normalized spacial score (nSPS) is 21.2. The molecule has 230 valence electrons. The molecule has 0 bridgehead atoms. The number of halogens is 1. The molecule has 12 heteroatoms. The van der Waals surface area contributed by atoms with E-state index in [0.29, 0.717) is 0 Å². The molecule has 1 unspecified atom stereocenters. The number of methoxy groups -OCH3 is 1. The van der Waals surface area contributed by atoms with Crippen molar-refractivity contribution in [1.29, 1.82) is 0 Å². The van der Waals surface area contributed by atoms with Crippen molar-refractivity contribution in [3.8, 4) is 5.75 Å². The monoisotopic (exact) mass is 619 g/mol. The Hall–Kier alpha value is -4.06. The fraction of sp³-hybridized carbons (Fsp3) is 0.469. The Balaban J connectivity index is 1.11. The average molecular weight is 620 g/mol. The predicted molar refractivity (Wildman–Crippen MR) is 162 cm³/mol. The molecule has 44 heavy (non-hydrogen) atoms. The lowest BCUT2D eigenvalue weighted by Crippen LogP contribution is -2.52.